The van der Waals surface area contributed by atoms with Gasteiger partial charge in [0.25, 0.3) is 0 Å². The molecule has 3 nitrogen and oxygen atoms in total. The van der Waals surface area contributed by atoms with Crippen molar-refractivity contribution >= 4 is 0 Å². The molecule has 1 N–H and O–H groups in total. The lowest BCUT2D eigenvalue weighted by molar-refractivity contribution is 0.414. The van der Waals surface area contributed by atoms with Gasteiger partial charge in [-0.1, -0.05) is 18.2 Å². The normalized spacial score (nSPS) is 13.8. The van der Waals surface area contributed by atoms with E-state index in [-0.39, 0.29) is 0 Å². The number of pyridine rings is 1. The Labute approximate surface area is 121 Å². The molecule has 0 amide bonds. The largest absolute Gasteiger partial charge is 0.497 e. The Balaban J connectivity index is 1.90. The first-order chi connectivity index (χ1) is 9.69. The fraction of sp³-hybridized carbons (Fsp3) is 0.353. The molecule has 0 fully saturated rings. The van der Waals surface area contributed by atoms with Gasteiger partial charge in [0.2, 0.25) is 0 Å². The van der Waals surface area contributed by atoms with E-state index < -0.39 is 0 Å². The van der Waals surface area contributed by atoms with E-state index in [4.69, 9.17) is 4.74 Å². The van der Waals surface area contributed by atoms with Gasteiger partial charge in [-0.25, -0.2) is 0 Å². The molecular formula is C17H22N2O. The highest BCUT2D eigenvalue weighted by Gasteiger charge is 2.10. The molecule has 20 heavy (non-hydrogen) atoms. The molecule has 106 valence electrons. The molecule has 0 saturated heterocycles. The molecule has 3 heteroatoms. The molecule has 0 radical (unpaired) electrons. The third kappa shape index (κ3) is 4.07. The van der Waals surface area contributed by atoms with Gasteiger partial charge in [-0.05, 0) is 49.6 Å². The van der Waals surface area contributed by atoms with E-state index in [9.17, 15) is 0 Å². The summed E-state index contributed by atoms with van der Waals surface area (Å²) < 4.78 is 5.17. The molecule has 0 aliphatic rings. The maximum Gasteiger partial charge on any atom is 0.118 e. The number of hydrogen-bond donors (Lipinski definition) is 1. The van der Waals surface area contributed by atoms with E-state index in [1.807, 2.05) is 24.4 Å². The van der Waals surface area contributed by atoms with E-state index >= 15 is 0 Å². The zero-order valence-electron chi connectivity index (χ0n) is 12.3. The van der Waals surface area contributed by atoms with Crippen LogP contribution in [0.3, 0.4) is 0 Å². The Hall–Kier alpha value is -1.87. The van der Waals surface area contributed by atoms with Crippen molar-refractivity contribution in [2.75, 3.05) is 7.11 Å². The van der Waals surface area contributed by atoms with E-state index in [1.54, 1.807) is 13.3 Å². The topological polar surface area (TPSA) is 34.1 Å². The average molecular weight is 270 g/mol. The van der Waals surface area contributed by atoms with Gasteiger partial charge in [-0.3, -0.25) is 4.98 Å². The first-order valence-electron chi connectivity index (χ1n) is 6.98. The molecule has 0 aliphatic heterocycles. The number of nitrogens with one attached hydrogen (secondary N) is 1. The van der Waals surface area contributed by atoms with Crippen LogP contribution in [0.15, 0.2) is 48.8 Å². The highest BCUT2D eigenvalue weighted by molar-refractivity contribution is 5.27. The predicted octanol–water partition coefficient (Wildman–Crippen LogP) is 3.37. The van der Waals surface area contributed by atoms with Crippen LogP contribution in [0.1, 0.15) is 31.0 Å². The maximum atomic E-state index is 5.17. The minimum absolute atomic E-state index is 0.303. The number of ether oxygens (including phenoxy) is 1. The third-order valence-electron chi connectivity index (χ3n) is 3.42. The second-order valence-electron chi connectivity index (χ2n) is 5.13. The standard InChI is InChI=1S/C17H22N2O/c1-13(11-15-6-8-17(20-3)9-7-15)19-14(2)16-5-4-10-18-12-16/h4-10,12-14,19H,11H2,1-3H3/t13?,14-/m1/s1. The van der Waals surface area contributed by atoms with Crippen molar-refractivity contribution in [2.24, 2.45) is 0 Å². The highest BCUT2D eigenvalue weighted by atomic mass is 16.5. The van der Waals surface area contributed by atoms with Crippen LogP contribution in [0.25, 0.3) is 0 Å². The van der Waals surface area contributed by atoms with Gasteiger partial charge in [0, 0.05) is 24.5 Å². The molecular weight excluding hydrogens is 248 g/mol. The summed E-state index contributed by atoms with van der Waals surface area (Å²) in [4.78, 5) is 4.16. The van der Waals surface area contributed by atoms with Gasteiger partial charge in [0.15, 0.2) is 0 Å². The van der Waals surface area contributed by atoms with E-state index in [0.29, 0.717) is 12.1 Å². The summed E-state index contributed by atoms with van der Waals surface area (Å²) in [7, 11) is 1.69. The molecule has 2 atom stereocenters. The Bertz CT molecular complexity index is 510. The summed E-state index contributed by atoms with van der Waals surface area (Å²) in [5.74, 6) is 0.901. The molecule has 0 aliphatic carbocycles. The zero-order chi connectivity index (χ0) is 14.4. The Morgan fingerprint density at radius 1 is 1.15 bits per heavy atom. The molecule has 2 aromatic rings. The van der Waals surface area contributed by atoms with Gasteiger partial charge >= 0.3 is 0 Å². The first-order valence-corrected chi connectivity index (χ1v) is 6.98. The minimum Gasteiger partial charge on any atom is -0.497 e. The summed E-state index contributed by atoms with van der Waals surface area (Å²) in [6.07, 6.45) is 4.71. The summed E-state index contributed by atoms with van der Waals surface area (Å²) in [6.45, 7) is 4.37. The predicted molar refractivity (Wildman–Crippen MR) is 81.9 cm³/mol. The number of aromatic nitrogens is 1. The molecule has 1 unspecified atom stereocenters. The highest BCUT2D eigenvalue weighted by Crippen LogP contribution is 2.15. The third-order valence-corrected chi connectivity index (χ3v) is 3.42. The number of benzene rings is 1. The molecule has 1 aromatic heterocycles. The van der Waals surface area contributed by atoms with Gasteiger partial charge in [0.05, 0.1) is 7.11 Å². The van der Waals surface area contributed by atoms with Crippen LogP contribution in [0.2, 0.25) is 0 Å². The van der Waals surface area contributed by atoms with Crippen LogP contribution >= 0.6 is 0 Å². The van der Waals surface area contributed by atoms with Crippen molar-refractivity contribution in [3.05, 3.63) is 59.9 Å². The molecule has 0 saturated carbocycles. The monoisotopic (exact) mass is 270 g/mol. The quantitative estimate of drug-likeness (QED) is 0.874. The first kappa shape index (κ1) is 14.5. The number of methoxy groups -OCH3 is 1. The number of nitrogens with zero attached hydrogens (tertiary/aromatic N) is 1. The fourth-order valence-corrected chi connectivity index (χ4v) is 2.33. The minimum atomic E-state index is 0.303. The number of hydrogen-bond acceptors (Lipinski definition) is 3. The van der Waals surface area contributed by atoms with Crippen molar-refractivity contribution in [3.8, 4) is 5.75 Å². The van der Waals surface area contributed by atoms with E-state index in [1.165, 1.54) is 11.1 Å². The molecule has 2 rings (SSSR count). The van der Waals surface area contributed by atoms with Crippen molar-refractivity contribution in [1.29, 1.82) is 0 Å². The van der Waals surface area contributed by atoms with E-state index in [2.05, 4.69) is 42.3 Å². The number of rotatable bonds is 6. The van der Waals surface area contributed by atoms with Crippen LogP contribution in [0.4, 0.5) is 0 Å². The van der Waals surface area contributed by atoms with Crippen molar-refractivity contribution < 1.29 is 4.74 Å². The van der Waals surface area contributed by atoms with Crippen molar-refractivity contribution in [3.63, 3.8) is 0 Å². The van der Waals surface area contributed by atoms with Crippen LogP contribution < -0.4 is 10.1 Å². The van der Waals surface area contributed by atoms with Crippen molar-refractivity contribution in [2.45, 2.75) is 32.4 Å². The lowest BCUT2D eigenvalue weighted by Crippen LogP contribution is -2.30. The summed E-state index contributed by atoms with van der Waals surface area (Å²) in [5, 5.41) is 3.60. The fourth-order valence-electron chi connectivity index (χ4n) is 2.33. The molecule has 0 bridgehead atoms. The van der Waals surface area contributed by atoms with Gasteiger partial charge in [0.1, 0.15) is 5.75 Å². The van der Waals surface area contributed by atoms with Gasteiger partial charge < -0.3 is 10.1 Å². The Kier molecular flexibility index (Phi) is 5.13. The van der Waals surface area contributed by atoms with Crippen LogP contribution in [-0.2, 0) is 6.42 Å². The molecule has 0 spiro atoms. The van der Waals surface area contributed by atoms with Crippen LogP contribution in [0.5, 0.6) is 5.75 Å². The SMILES string of the molecule is COc1ccc(CC(C)N[C@H](C)c2cccnc2)cc1. The smallest absolute Gasteiger partial charge is 0.118 e. The summed E-state index contributed by atoms with van der Waals surface area (Å²) in [6, 6.07) is 13.0. The van der Waals surface area contributed by atoms with Crippen molar-refractivity contribution in [1.82, 2.24) is 10.3 Å². The average Bonchev–Trinajstić information content (AvgIpc) is 2.49. The molecule has 1 aromatic carbocycles. The summed E-state index contributed by atoms with van der Waals surface area (Å²) in [5.41, 5.74) is 2.53. The van der Waals surface area contributed by atoms with Crippen LogP contribution in [0, 0.1) is 0 Å². The second kappa shape index (κ2) is 7.06. The lowest BCUT2D eigenvalue weighted by atomic mass is 10.0. The zero-order valence-corrected chi connectivity index (χ0v) is 12.3. The van der Waals surface area contributed by atoms with Gasteiger partial charge in [-0.2, -0.15) is 0 Å². The van der Waals surface area contributed by atoms with Crippen LogP contribution in [-0.4, -0.2) is 18.1 Å². The Morgan fingerprint density at radius 3 is 2.50 bits per heavy atom. The maximum absolute atomic E-state index is 5.17. The lowest BCUT2D eigenvalue weighted by Gasteiger charge is -2.20. The second-order valence-corrected chi connectivity index (χ2v) is 5.13. The Morgan fingerprint density at radius 2 is 1.90 bits per heavy atom. The summed E-state index contributed by atoms with van der Waals surface area (Å²) >= 11 is 0. The van der Waals surface area contributed by atoms with Gasteiger partial charge in [-0.15, -0.1) is 0 Å². The molecule has 1 heterocycles. The van der Waals surface area contributed by atoms with E-state index in [0.717, 1.165) is 12.2 Å².